The van der Waals surface area contributed by atoms with Gasteiger partial charge in [-0.2, -0.15) is 4.39 Å². The van der Waals surface area contributed by atoms with Crippen molar-refractivity contribution in [2.45, 2.75) is 19.4 Å². The number of carbonyl (C=O) groups excluding carboxylic acids is 1. The van der Waals surface area contributed by atoms with E-state index in [4.69, 9.17) is 4.74 Å². The molecule has 0 bridgehead atoms. The van der Waals surface area contributed by atoms with Gasteiger partial charge in [0.15, 0.2) is 5.60 Å². The first-order valence-electron chi connectivity index (χ1n) is 6.89. The summed E-state index contributed by atoms with van der Waals surface area (Å²) in [5, 5.41) is 13.2. The Kier molecular flexibility index (Phi) is 5.18. The Balaban J connectivity index is 2.14. The molecule has 0 aliphatic heterocycles. The number of nitro groups is 1. The van der Waals surface area contributed by atoms with Gasteiger partial charge < -0.3 is 10.1 Å². The first kappa shape index (κ1) is 17.9. The number of nitrogens with one attached hydrogen (secondary N) is 1. The Morgan fingerprint density at radius 3 is 2.46 bits per heavy atom. The summed E-state index contributed by atoms with van der Waals surface area (Å²) in [5.74, 6) is -1.00. The molecule has 0 spiro atoms. The van der Waals surface area contributed by atoms with Gasteiger partial charge in [-0.1, -0.05) is 15.9 Å². The van der Waals surface area contributed by atoms with Crippen LogP contribution in [0.25, 0.3) is 0 Å². The lowest BCUT2D eigenvalue weighted by Gasteiger charge is -2.25. The summed E-state index contributed by atoms with van der Waals surface area (Å²) in [6.07, 6.45) is 0. The molecule has 0 aliphatic rings. The summed E-state index contributed by atoms with van der Waals surface area (Å²) < 4.78 is 19.9. The number of nitrogens with zero attached hydrogens (tertiary/aromatic N) is 1. The summed E-state index contributed by atoms with van der Waals surface area (Å²) in [6, 6.07) is 10.1. The van der Waals surface area contributed by atoms with Crippen molar-refractivity contribution in [2.75, 3.05) is 5.32 Å². The van der Waals surface area contributed by atoms with E-state index in [1.165, 1.54) is 6.07 Å². The molecule has 2 aromatic rings. The number of rotatable bonds is 5. The number of halogens is 2. The monoisotopic (exact) mass is 396 g/mol. The Morgan fingerprint density at radius 2 is 1.88 bits per heavy atom. The first-order valence-corrected chi connectivity index (χ1v) is 7.68. The van der Waals surface area contributed by atoms with Crippen molar-refractivity contribution in [3.05, 3.63) is 62.9 Å². The fourth-order valence-corrected chi connectivity index (χ4v) is 2.12. The van der Waals surface area contributed by atoms with Gasteiger partial charge in [0, 0.05) is 16.2 Å². The maximum atomic E-state index is 13.3. The molecule has 0 saturated carbocycles. The SMILES string of the molecule is CC(C)(Oc1ccc(Br)cc1)C(=O)Nc1ccc(F)c([N+](=O)[O-])c1. The molecular formula is C16H14BrFN2O4. The second-order valence-electron chi connectivity index (χ2n) is 5.44. The number of nitro benzene ring substituents is 1. The maximum Gasteiger partial charge on any atom is 0.306 e. The fraction of sp³-hybridized carbons (Fsp3) is 0.188. The van der Waals surface area contributed by atoms with Gasteiger partial charge in [-0.15, -0.1) is 0 Å². The second-order valence-corrected chi connectivity index (χ2v) is 6.36. The highest BCUT2D eigenvalue weighted by molar-refractivity contribution is 9.10. The van der Waals surface area contributed by atoms with Crippen LogP contribution in [0.2, 0.25) is 0 Å². The van der Waals surface area contributed by atoms with Crippen molar-refractivity contribution in [3.8, 4) is 5.75 Å². The predicted molar refractivity (Wildman–Crippen MR) is 90.5 cm³/mol. The molecule has 1 amide bonds. The molecule has 0 radical (unpaired) electrons. The first-order chi connectivity index (χ1) is 11.2. The Labute approximate surface area is 145 Å². The van der Waals surface area contributed by atoms with Gasteiger partial charge in [0.2, 0.25) is 5.82 Å². The van der Waals surface area contributed by atoms with Crippen molar-refractivity contribution < 1.29 is 18.8 Å². The van der Waals surface area contributed by atoms with Crippen LogP contribution in [0.15, 0.2) is 46.9 Å². The number of anilines is 1. The van der Waals surface area contributed by atoms with Crippen LogP contribution in [0.3, 0.4) is 0 Å². The molecule has 126 valence electrons. The van der Waals surface area contributed by atoms with Crippen LogP contribution in [-0.2, 0) is 4.79 Å². The van der Waals surface area contributed by atoms with Crippen LogP contribution >= 0.6 is 15.9 Å². The zero-order valence-corrected chi connectivity index (χ0v) is 14.5. The summed E-state index contributed by atoms with van der Waals surface area (Å²) in [6.45, 7) is 3.12. The third-order valence-corrected chi connectivity index (χ3v) is 3.66. The Hall–Kier alpha value is -2.48. The molecule has 0 atom stereocenters. The van der Waals surface area contributed by atoms with Gasteiger partial charge in [0.1, 0.15) is 5.75 Å². The minimum Gasteiger partial charge on any atom is -0.478 e. The van der Waals surface area contributed by atoms with Gasteiger partial charge in [-0.3, -0.25) is 14.9 Å². The van der Waals surface area contributed by atoms with Crippen LogP contribution < -0.4 is 10.1 Å². The molecule has 2 aromatic carbocycles. The number of amides is 1. The third kappa shape index (κ3) is 4.29. The smallest absolute Gasteiger partial charge is 0.306 e. The van der Waals surface area contributed by atoms with Crippen molar-refractivity contribution in [2.24, 2.45) is 0 Å². The molecule has 6 nitrogen and oxygen atoms in total. The van der Waals surface area contributed by atoms with E-state index in [0.29, 0.717) is 5.75 Å². The zero-order chi connectivity index (χ0) is 17.9. The highest BCUT2D eigenvalue weighted by Crippen LogP contribution is 2.25. The van der Waals surface area contributed by atoms with E-state index < -0.39 is 27.9 Å². The van der Waals surface area contributed by atoms with Crippen LogP contribution in [0.5, 0.6) is 5.75 Å². The van der Waals surface area contributed by atoms with E-state index in [1.54, 1.807) is 38.1 Å². The molecule has 2 rings (SSSR count). The van der Waals surface area contributed by atoms with Crippen molar-refractivity contribution in [1.82, 2.24) is 0 Å². The molecule has 0 aliphatic carbocycles. The lowest BCUT2D eigenvalue weighted by atomic mass is 10.1. The quantitative estimate of drug-likeness (QED) is 0.603. The summed E-state index contributed by atoms with van der Waals surface area (Å²) in [5.41, 5.74) is -1.84. The summed E-state index contributed by atoms with van der Waals surface area (Å²) in [4.78, 5) is 22.3. The van der Waals surface area contributed by atoms with E-state index in [2.05, 4.69) is 21.2 Å². The fourth-order valence-electron chi connectivity index (χ4n) is 1.86. The van der Waals surface area contributed by atoms with E-state index in [-0.39, 0.29) is 5.69 Å². The van der Waals surface area contributed by atoms with E-state index in [9.17, 15) is 19.3 Å². The van der Waals surface area contributed by atoms with Gasteiger partial charge >= 0.3 is 5.69 Å². The zero-order valence-electron chi connectivity index (χ0n) is 12.9. The van der Waals surface area contributed by atoms with Crippen LogP contribution in [-0.4, -0.2) is 16.4 Å². The van der Waals surface area contributed by atoms with Gasteiger partial charge in [-0.05, 0) is 50.2 Å². The molecule has 8 heteroatoms. The third-order valence-electron chi connectivity index (χ3n) is 3.13. The summed E-state index contributed by atoms with van der Waals surface area (Å²) >= 11 is 3.30. The van der Waals surface area contributed by atoms with Crippen molar-refractivity contribution in [1.29, 1.82) is 0 Å². The molecule has 0 aromatic heterocycles. The molecule has 0 unspecified atom stereocenters. The lowest BCUT2D eigenvalue weighted by Crippen LogP contribution is -2.42. The average Bonchev–Trinajstić information content (AvgIpc) is 2.51. The van der Waals surface area contributed by atoms with E-state index in [0.717, 1.165) is 16.6 Å². The van der Waals surface area contributed by atoms with Crippen molar-refractivity contribution in [3.63, 3.8) is 0 Å². The standard InChI is InChI=1S/C16H14BrFN2O4/c1-16(2,24-12-6-3-10(17)4-7-12)15(21)19-11-5-8-13(18)14(9-11)20(22)23/h3-9H,1-2H3,(H,19,21). The van der Waals surface area contributed by atoms with E-state index >= 15 is 0 Å². The largest absolute Gasteiger partial charge is 0.478 e. The lowest BCUT2D eigenvalue weighted by molar-refractivity contribution is -0.387. The molecular weight excluding hydrogens is 383 g/mol. The Morgan fingerprint density at radius 1 is 1.25 bits per heavy atom. The summed E-state index contributed by atoms with van der Waals surface area (Å²) in [7, 11) is 0. The number of hydrogen-bond donors (Lipinski definition) is 1. The number of carbonyl (C=O) groups is 1. The Bertz CT molecular complexity index is 778. The number of hydrogen-bond acceptors (Lipinski definition) is 4. The number of benzene rings is 2. The number of ether oxygens (including phenoxy) is 1. The molecule has 0 heterocycles. The molecule has 24 heavy (non-hydrogen) atoms. The van der Waals surface area contributed by atoms with Crippen LogP contribution in [0, 0.1) is 15.9 Å². The average molecular weight is 397 g/mol. The second kappa shape index (κ2) is 6.96. The normalized spacial score (nSPS) is 11.0. The van der Waals surface area contributed by atoms with Gasteiger partial charge in [-0.25, -0.2) is 0 Å². The van der Waals surface area contributed by atoms with Gasteiger partial charge in [0.05, 0.1) is 4.92 Å². The minimum absolute atomic E-state index is 0.112. The van der Waals surface area contributed by atoms with E-state index in [1.807, 2.05) is 0 Å². The van der Waals surface area contributed by atoms with Crippen LogP contribution in [0.4, 0.5) is 15.8 Å². The highest BCUT2D eigenvalue weighted by atomic mass is 79.9. The molecule has 0 saturated heterocycles. The van der Waals surface area contributed by atoms with Crippen LogP contribution in [0.1, 0.15) is 13.8 Å². The topological polar surface area (TPSA) is 81.5 Å². The molecule has 0 fully saturated rings. The predicted octanol–water partition coefficient (Wildman–Crippen LogP) is 4.29. The highest BCUT2D eigenvalue weighted by Gasteiger charge is 2.30. The molecule has 1 N–H and O–H groups in total. The van der Waals surface area contributed by atoms with Crippen molar-refractivity contribution >= 4 is 33.2 Å². The van der Waals surface area contributed by atoms with Gasteiger partial charge in [0.25, 0.3) is 5.91 Å². The minimum atomic E-state index is -1.24. The maximum absolute atomic E-state index is 13.3.